The number of hydrogen-bond acceptors (Lipinski definition) is 2. The molecule has 0 bridgehead atoms. The van der Waals surface area contributed by atoms with Crippen molar-refractivity contribution in [1.82, 2.24) is 10.6 Å². The Hall–Kier alpha value is -1.35. The first-order valence-corrected chi connectivity index (χ1v) is 6.08. The summed E-state index contributed by atoms with van der Waals surface area (Å²) < 4.78 is 0. The minimum absolute atomic E-state index is 0.0238. The van der Waals surface area contributed by atoms with Crippen molar-refractivity contribution in [2.45, 2.75) is 39.3 Å². The lowest BCUT2D eigenvalue weighted by Crippen LogP contribution is -2.52. The Kier molecular flexibility index (Phi) is 4.70. The number of carbonyl (C=O) groups excluding carboxylic acids is 1. The van der Waals surface area contributed by atoms with Crippen LogP contribution in [-0.2, 0) is 4.79 Å². The highest BCUT2D eigenvalue weighted by Crippen LogP contribution is 2.13. The second kappa shape index (κ2) is 5.82. The van der Waals surface area contributed by atoms with Crippen LogP contribution in [0.2, 0.25) is 0 Å². The maximum Gasteiger partial charge on any atom is 0.240 e. The lowest BCUT2D eigenvalue weighted by atomic mass is 10.0. The van der Waals surface area contributed by atoms with Crippen LogP contribution in [0.5, 0.6) is 0 Å². The first kappa shape index (κ1) is 13.7. The van der Waals surface area contributed by atoms with Crippen molar-refractivity contribution in [3.05, 3.63) is 35.9 Å². The van der Waals surface area contributed by atoms with Crippen molar-refractivity contribution in [3.63, 3.8) is 0 Å². The lowest BCUT2D eigenvalue weighted by Gasteiger charge is -2.26. The maximum atomic E-state index is 12.1. The minimum Gasteiger partial charge on any atom is -0.348 e. The van der Waals surface area contributed by atoms with E-state index in [4.69, 9.17) is 0 Å². The molecule has 0 aromatic heterocycles. The highest BCUT2D eigenvalue weighted by molar-refractivity contribution is 5.85. The van der Waals surface area contributed by atoms with E-state index in [0.29, 0.717) is 0 Å². The lowest BCUT2D eigenvalue weighted by molar-refractivity contribution is -0.127. The van der Waals surface area contributed by atoms with Gasteiger partial charge in [0.2, 0.25) is 5.91 Å². The quantitative estimate of drug-likeness (QED) is 0.820. The van der Waals surface area contributed by atoms with Gasteiger partial charge in [-0.25, -0.2) is 0 Å². The molecule has 1 aromatic carbocycles. The second-order valence-electron chi connectivity index (χ2n) is 4.76. The molecule has 0 aliphatic carbocycles. The van der Waals surface area contributed by atoms with Crippen LogP contribution >= 0.6 is 0 Å². The van der Waals surface area contributed by atoms with E-state index in [1.54, 1.807) is 0 Å². The van der Waals surface area contributed by atoms with Gasteiger partial charge in [0, 0.05) is 0 Å². The van der Waals surface area contributed by atoms with Crippen molar-refractivity contribution in [3.8, 4) is 0 Å². The van der Waals surface area contributed by atoms with Gasteiger partial charge in [-0.1, -0.05) is 37.3 Å². The van der Waals surface area contributed by atoms with Crippen LogP contribution in [0.4, 0.5) is 0 Å². The summed E-state index contributed by atoms with van der Waals surface area (Å²) in [5.74, 6) is 0.0238. The van der Waals surface area contributed by atoms with Crippen LogP contribution in [0.15, 0.2) is 30.3 Å². The molecule has 1 atom stereocenters. The van der Waals surface area contributed by atoms with E-state index in [1.165, 1.54) is 0 Å². The molecule has 0 spiro atoms. The zero-order valence-electron chi connectivity index (χ0n) is 11.1. The van der Waals surface area contributed by atoms with Gasteiger partial charge in [0.25, 0.3) is 0 Å². The number of nitrogens with one attached hydrogen (secondary N) is 2. The molecule has 1 rings (SSSR count). The fourth-order valence-electron chi connectivity index (χ4n) is 1.72. The standard InChI is InChI=1S/C14H22N2O/c1-5-15-14(3,4)13(17)16-11(2)12-9-7-6-8-10-12/h6-11,15H,5H2,1-4H3,(H,16,17)/t11-/m1/s1. The summed E-state index contributed by atoms with van der Waals surface area (Å²) in [6, 6.07) is 10.00. The summed E-state index contributed by atoms with van der Waals surface area (Å²) in [5.41, 5.74) is 0.589. The molecule has 0 fully saturated rings. The van der Waals surface area contributed by atoms with Gasteiger partial charge in [0.15, 0.2) is 0 Å². The first-order chi connectivity index (χ1) is 7.97. The zero-order valence-corrected chi connectivity index (χ0v) is 11.1. The third-order valence-corrected chi connectivity index (χ3v) is 2.83. The van der Waals surface area contributed by atoms with Gasteiger partial charge in [-0.15, -0.1) is 0 Å². The van der Waals surface area contributed by atoms with Crippen molar-refractivity contribution in [1.29, 1.82) is 0 Å². The highest BCUT2D eigenvalue weighted by atomic mass is 16.2. The predicted octanol–water partition coefficient (Wildman–Crippen LogP) is 2.25. The number of likely N-dealkylation sites (N-methyl/N-ethyl adjacent to an activating group) is 1. The fraction of sp³-hybridized carbons (Fsp3) is 0.500. The third kappa shape index (κ3) is 3.86. The largest absolute Gasteiger partial charge is 0.348 e. The molecule has 0 unspecified atom stereocenters. The Morgan fingerprint density at radius 1 is 1.29 bits per heavy atom. The Labute approximate surface area is 104 Å². The van der Waals surface area contributed by atoms with Crippen molar-refractivity contribution >= 4 is 5.91 Å². The molecule has 0 aliphatic heterocycles. The number of carbonyl (C=O) groups is 1. The second-order valence-corrected chi connectivity index (χ2v) is 4.76. The molecule has 0 heterocycles. The predicted molar refractivity (Wildman–Crippen MR) is 70.8 cm³/mol. The average molecular weight is 234 g/mol. The van der Waals surface area contributed by atoms with Gasteiger partial charge in [-0.05, 0) is 32.9 Å². The van der Waals surface area contributed by atoms with Crippen LogP contribution in [0.1, 0.15) is 39.3 Å². The zero-order chi connectivity index (χ0) is 12.9. The highest BCUT2D eigenvalue weighted by Gasteiger charge is 2.27. The smallest absolute Gasteiger partial charge is 0.240 e. The number of hydrogen-bond donors (Lipinski definition) is 2. The molecule has 0 radical (unpaired) electrons. The van der Waals surface area contributed by atoms with Gasteiger partial charge in [-0.3, -0.25) is 4.79 Å². The molecule has 3 nitrogen and oxygen atoms in total. The first-order valence-electron chi connectivity index (χ1n) is 6.08. The maximum absolute atomic E-state index is 12.1. The Morgan fingerprint density at radius 2 is 1.88 bits per heavy atom. The molecule has 17 heavy (non-hydrogen) atoms. The average Bonchev–Trinajstić information content (AvgIpc) is 2.30. The van der Waals surface area contributed by atoms with Gasteiger partial charge in [0.05, 0.1) is 11.6 Å². The minimum atomic E-state index is -0.530. The van der Waals surface area contributed by atoms with Crippen LogP contribution in [0, 0.1) is 0 Å². The third-order valence-electron chi connectivity index (χ3n) is 2.83. The van der Waals surface area contributed by atoms with E-state index in [9.17, 15) is 4.79 Å². The Morgan fingerprint density at radius 3 is 2.41 bits per heavy atom. The fourth-order valence-corrected chi connectivity index (χ4v) is 1.72. The summed E-state index contributed by atoms with van der Waals surface area (Å²) in [7, 11) is 0. The van der Waals surface area contributed by atoms with Crippen molar-refractivity contribution in [2.24, 2.45) is 0 Å². The Balaban J connectivity index is 2.63. The molecular weight excluding hydrogens is 212 g/mol. The summed E-state index contributed by atoms with van der Waals surface area (Å²) in [6.45, 7) is 8.55. The summed E-state index contributed by atoms with van der Waals surface area (Å²) in [6.07, 6.45) is 0. The Bertz CT molecular complexity index is 360. The molecule has 1 aromatic rings. The van der Waals surface area contributed by atoms with E-state index in [2.05, 4.69) is 10.6 Å². The van der Waals surface area contributed by atoms with Crippen molar-refractivity contribution < 1.29 is 4.79 Å². The number of amides is 1. The van der Waals surface area contributed by atoms with E-state index < -0.39 is 5.54 Å². The monoisotopic (exact) mass is 234 g/mol. The topological polar surface area (TPSA) is 41.1 Å². The molecule has 3 heteroatoms. The molecule has 2 N–H and O–H groups in total. The van der Waals surface area contributed by atoms with E-state index in [1.807, 2.05) is 58.0 Å². The van der Waals surface area contributed by atoms with Gasteiger partial charge in [-0.2, -0.15) is 0 Å². The summed E-state index contributed by atoms with van der Waals surface area (Å²) in [5, 5.41) is 6.19. The van der Waals surface area contributed by atoms with Gasteiger partial charge < -0.3 is 10.6 Å². The molecule has 0 saturated carbocycles. The molecule has 94 valence electrons. The van der Waals surface area contributed by atoms with Gasteiger partial charge in [0.1, 0.15) is 0 Å². The molecule has 1 amide bonds. The molecule has 0 saturated heterocycles. The normalized spacial score (nSPS) is 13.2. The van der Waals surface area contributed by atoms with E-state index >= 15 is 0 Å². The number of benzene rings is 1. The SMILES string of the molecule is CCNC(C)(C)C(=O)N[C@H](C)c1ccccc1. The van der Waals surface area contributed by atoms with Crippen molar-refractivity contribution in [2.75, 3.05) is 6.54 Å². The molecular formula is C14H22N2O. The molecule has 0 aliphatic rings. The van der Waals surface area contributed by atoms with E-state index in [-0.39, 0.29) is 11.9 Å². The van der Waals surface area contributed by atoms with Crippen LogP contribution in [-0.4, -0.2) is 18.0 Å². The van der Waals surface area contributed by atoms with Crippen LogP contribution < -0.4 is 10.6 Å². The van der Waals surface area contributed by atoms with Crippen LogP contribution in [0.3, 0.4) is 0 Å². The van der Waals surface area contributed by atoms with Crippen LogP contribution in [0.25, 0.3) is 0 Å². The summed E-state index contributed by atoms with van der Waals surface area (Å²) in [4.78, 5) is 12.1. The number of rotatable bonds is 5. The summed E-state index contributed by atoms with van der Waals surface area (Å²) >= 11 is 0. The van der Waals surface area contributed by atoms with Gasteiger partial charge >= 0.3 is 0 Å². The van der Waals surface area contributed by atoms with E-state index in [0.717, 1.165) is 12.1 Å².